The van der Waals surface area contributed by atoms with Gasteiger partial charge in [0.05, 0.1) is 4.92 Å². The fraction of sp³-hybridized carbons (Fsp3) is 0.474. The highest BCUT2D eigenvalue weighted by molar-refractivity contribution is 5.60. The zero-order valence-electron chi connectivity index (χ0n) is 14.4. The lowest BCUT2D eigenvalue weighted by Crippen LogP contribution is -2.22. The number of nitro groups is 1. The van der Waals surface area contributed by atoms with Crippen LogP contribution in [0.2, 0.25) is 0 Å². The van der Waals surface area contributed by atoms with E-state index in [2.05, 4.69) is 34.2 Å². The standard InChI is InChI=1S/C19H22N4O2/c1-13-18(23(24)25)19(22-9-5-6-10-22)21-17(20-13)12-15-11-16(15)14-7-3-2-4-8-14/h2-4,7-8,15-16H,5-6,9-12H2,1H3. The first-order valence-electron chi connectivity index (χ1n) is 8.95. The summed E-state index contributed by atoms with van der Waals surface area (Å²) in [6.07, 6.45) is 4.06. The summed E-state index contributed by atoms with van der Waals surface area (Å²) in [4.78, 5) is 22.3. The van der Waals surface area contributed by atoms with Crippen LogP contribution in [-0.2, 0) is 6.42 Å². The highest BCUT2D eigenvalue weighted by atomic mass is 16.6. The second-order valence-corrected chi connectivity index (χ2v) is 7.07. The van der Waals surface area contributed by atoms with Crippen LogP contribution in [0.5, 0.6) is 0 Å². The lowest BCUT2D eigenvalue weighted by molar-refractivity contribution is -0.385. The first-order valence-corrected chi connectivity index (χ1v) is 8.95. The summed E-state index contributed by atoms with van der Waals surface area (Å²) < 4.78 is 0. The van der Waals surface area contributed by atoms with Gasteiger partial charge in [0.15, 0.2) is 0 Å². The van der Waals surface area contributed by atoms with Gasteiger partial charge in [-0.05, 0) is 43.6 Å². The normalized spacial score (nSPS) is 22.2. The summed E-state index contributed by atoms with van der Waals surface area (Å²) in [5.74, 6) is 2.36. The molecule has 2 aromatic rings. The van der Waals surface area contributed by atoms with Crippen molar-refractivity contribution in [1.82, 2.24) is 9.97 Å². The van der Waals surface area contributed by atoms with Crippen LogP contribution in [0.25, 0.3) is 0 Å². The van der Waals surface area contributed by atoms with Crippen molar-refractivity contribution in [2.75, 3.05) is 18.0 Å². The third-order valence-corrected chi connectivity index (χ3v) is 5.27. The van der Waals surface area contributed by atoms with Gasteiger partial charge in [0.2, 0.25) is 5.82 Å². The quantitative estimate of drug-likeness (QED) is 0.615. The van der Waals surface area contributed by atoms with Gasteiger partial charge in [-0.25, -0.2) is 9.97 Å². The summed E-state index contributed by atoms with van der Waals surface area (Å²) in [5.41, 5.74) is 1.92. The van der Waals surface area contributed by atoms with Crippen molar-refractivity contribution in [3.05, 3.63) is 57.5 Å². The molecule has 0 spiro atoms. The van der Waals surface area contributed by atoms with E-state index in [1.807, 2.05) is 11.0 Å². The number of aromatic nitrogens is 2. The molecule has 2 atom stereocenters. The number of aryl methyl sites for hydroxylation is 1. The molecule has 0 amide bonds. The maximum atomic E-state index is 11.5. The van der Waals surface area contributed by atoms with E-state index in [-0.39, 0.29) is 10.6 Å². The summed E-state index contributed by atoms with van der Waals surface area (Å²) in [6.45, 7) is 3.41. The number of rotatable bonds is 5. The fourth-order valence-corrected chi connectivity index (χ4v) is 3.88. The molecule has 6 heteroatoms. The van der Waals surface area contributed by atoms with Gasteiger partial charge in [-0.1, -0.05) is 30.3 Å². The van der Waals surface area contributed by atoms with Crippen LogP contribution in [-0.4, -0.2) is 28.0 Å². The Balaban J connectivity index is 1.57. The van der Waals surface area contributed by atoms with E-state index in [1.165, 1.54) is 5.56 Å². The van der Waals surface area contributed by atoms with E-state index in [9.17, 15) is 10.1 Å². The summed E-state index contributed by atoms with van der Waals surface area (Å²) in [5, 5.41) is 11.5. The van der Waals surface area contributed by atoms with Gasteiger partial charge in [-0.3, -0.25) is 10.1 Å². The van der Waals surface area contributed by atoms with Gasteiger partial charge in [0.1, 0.15) is 11.5 Å². The minimum absolute atomic E-state index is 0.0704. The Morgan fingerprint density at radius 2 is 1.92 bits per heavy atom. The number of benzene rings is 1. The smallest absolute Gasteiger partial charge is 0.332 e. The molecular weight excluding hydrogens is 316 g/mol. The van der Waals surface area contributed by atoms with Crippen molar-refractivity contribution in [3.63, 3.8) is 0 Å². The second-order valence-electron chi connectivity index (χ2n) is 7.07. The predicted molar refractivity (Wildman–Crippen MR) is 95.9 cm³/mol. The Labute approximate surface area is 147 Å². The molecule has 25 heavy (non-hydrogen) atoms. The van der Waals surface area contributed by atoms with E-state index in [4.69, 9.17) is 0 Å². The van der Waals surface area contributed by atoms with Gasteiger partial charge in [-0.2, -0.15) is 0 Å². The van der Waals surface area contributed by atoms with Gasteiger partial charge >= 0.3 is 5.69 Å². The SMILES string of the molecule is Cc1nc(CC2CC2c2ccccc2)nc(N2CCCC2)c1[N+](=O)[O-]. The van der Waals surface area contributed by atoms with Gasteiger partial charge < -0.3 is 4.90 Å². The number of hydrogen-bond acceptors (Lipinski definition) is 5. The average molecular weight is 338 g/mol. The molecule has 6 nitrogen and oxygen atoms in total. The average Bonchev–Trinajstić information content (AvgIpc) is 3.14. The summed E-state index contributed by atoms with van der Waals surface area (Å²) >= 11 is 0. The molecule has 1 aromatic heterocycles. The summed E-state index contributed by atoms with van der Waals surface area (Å²) in [7, 11) is 0. The molecule has 2 unspecified atom stereocenters. The monoisotopic (exact) mass is 338 g/mol. The van der Waals surface area contributed by atoms with Crippen LogP contribution >= 0.6 is 0 Å². The fourth-order valence-electron chi connectivity index (χ4n) is 3.88. The Hall–Kier alpha value is -2.50. The molecular formula is C19H22N4O2. The van der Waals surface area contributed by atoms with Gasteiger partial charge in [-0.15, -0.1) is 0 Å². The zero-order chi connectivity index (χ0) is 17.4. The van der Waals surface area contributed by atoms with Gasteiger partial charge in [0, 0.05) is 19.5 Å². The van der Waals surface area contributed by atoms with E-state index in [1.54, 1.807) is 6.92 Å². The molecule has 130 valence electrons. The molecule has 1 aliphatic heterocycles. The first-order chi connectivity index (χ1) is 12.1. The topological polar surface area (TPSA) is 72.2 Å². The third-order valence-electron chi connectivity index (χ3n) is 5.27. The van der Waals surface area contributed by atoms with Crippen molar-refractivity contribution >= 4 is 11.5 Å². The minimum atomic E-state index is -0.337. The minimum Gasteiger partial charge on any atom is -0.351 e. The van der Waals surface area contributed by atoms with Crippen LogP contribution < -0.4 is 4.90 Å². The molecule has 2 aliphatic rings. The van der Waals surface area contributed by atoms with Crippen LogP contribution in [0.4, 0.5) is 11.5 Å². The molecule has 2 heterocycles. The van der Waals surface area contributed by atoms with Crippen LogP contribution in [0.1, 0.15) is 42.3 Å². The molecule has 0 bridgehead atoms. The second kappa shape index (κ2) is 6.43. The van der Waals surface area contributed by atoms with Crippen LogP contribution in [0, 0.1) is 23.0 Å². The summed E-state index contributed by atoms with van der Waals surface area (Å²) in [6, 6.07) is 10.5. The Morgan fingerprint density at radius 3 is 2.60 bits per heavy atom. The van der Waals surface area contributed by atoms with Crippen LogP contribution in [0.15, 0.2) is 30.3 Å². The number of hydrogen-bond donors (Lipinski definition) is 0. The van der Waals surface area contributed by atoms with Crippen molar-refractivity contribution < 1.29 is 4.92 Å². The Bertz CT molecular complexity index is 788. The maximum Gasteiger partial charge on any atom is 0.332 e. The van der Waals surface area contributed by atoms with Crippen molar-refractivity contribution in [1.29, 1.82) is 0 Å². The van der Waals surface area contributed by atoms with E-state index in [0.717, 1.165) is 44.6 Å². The first kappa shape index (κ1) is 16.0. The molecule has 1 aliphatic carbocycles. The maximum absolute atomic E-state index is 11.5. The highest BCUT2D eigenvalue weighted by Gasteiger charge is 2.39. The third kappa shape index (κ3) is 3.21. The molecule has 0 N–H and O–H groups in total. The highest BCUT2D eigenvalue weighted by Crippen LogP contribution is 2.49. The largest absolute Gasteiger partial charge is 0.351 e. The lowest BCUT2D eigenvalue weighted by Gasteiger charge is -2.17. The molecule has 1 saturated heterocycles. The van der Waals surface area contributed by atoms with Crippen molar-refractivity contribution in [2.24, 2.45) is 5.92 Å². The molecule has 0 radical (unpaired) electrons. The van der Waals surface area contributed by atoms with Crippen molar-refractivity contribution in [2.45, 2.75) is 38.5 Å². The van der Waals surface area contributed by atoms with E-state index >= 15 is 0 Å². The predicted octanol–water partition coefficient (Wildman–Crippen LogP) is 3.64. The molecule has 4 rings (SSSR count). The van der Waals surface area contributed by atoms with Gasteiger partial charge in [0.25, 0.3) is 0 Å². The molecule has 2 fully saturated rings. The van der Waals surface area contributed by atoms with Crippen LogP contribution in [0.3, 0.4) is 0 Å². The number of nitrogens with zero attached hydrogens (tertiary/aromatic N) is 4. The van der Waals surface area contributed by atoms with E-state index < -0.39 is 0 Å². The zero-order valence-corrected chi connectivity index (χ0v) is 14.4. The van der Waals surface area contributed by atoms with Crippen molar-refractivity contribution in [3.8, 4) is 0 Å². The van der Waals surface area contributed by atoms with E-state index in [0.29, 0.717) is 23.3 Å². The molecule has 1 aromatic carbocycles. The Morgan fingerprint density at radius 1 is 1.20 bits per heavy atom. The Kier molecular flexibility index (Phi) is 4.11. The lowest BCUT2D eigenvalue weighted by atomic mass is 10.1. The number of anilines is 1. The molecule has 1 saturated carbocycles.